The van der Waals surface area contributed by atoms with Crippen LogP contribution in [0, 0.1) is 23.7 Å². The van der Waals surface area contributed by atoms with Crippen molar-refractivity contribution in [1.29, 1.82) is 0 Å². The second-order valence-corrected chi connectivity index (χ2v) is 7.09. The lowest BCUT2D eigenvalue weighted by atomic mass is 9.79. The Kier molecular flexibility index (Phi) is 4.88. The van der Waals surface area contributed by atoms with E-state index in [0.717, 1.165) is 11.1 Å². The van der Waals surface area contributed by atoms with E-state index in [1.54, 1.807) is 85.5 Å². The number of hydrogen-bond acceptors (Lipinski definition) is 4. The molecule has 0 saturated heterocycles. The minimum Gasteiger partial charge on any atom is -0.289 e. The molecule has 0 N–H and O–H groups in total. The summed E-state index contributed by atoms with van der Waals surface area (Å²) in [6.45, 7) is 0. The summed E-state index contributed by atoms with van der Waals surface area (Å²) in [5, 5.41) is 0. The first-order valence-electron chi connectivity index (χ1n) is 9.92. The highest BCUT2D eigenvalue weighted by molar-refractivity contribution is 6.30. The number of benzene rings is 2. The minimum atomic E-state index is -0.221. The Labute approximate surface area is 185 Å². The molecule has 0 fully saturated rings. The van der Waals surface area contributed by atoms with Gasteiger partial charge in [-0.15, -0.1) is 0 Å². The topological polar surface area (TPSA) is 59.9 Å². The van der Waals surface area contributed by atoms with Gasteiger partial charge in [-0.05, 0) is 36.4 Å². The summed E-state index contributed by atoms with van der Waals surface area (Å²) in [7, 11) is 0. The average Bonchev–Trinajstić information content (AvgIpc) is 2.86. The van der Waals surface area contributed by atoms with Crippen LogP contribution in [-0.4, -0.2) is 21.5 Å². The monoisotopic (exact) mass is 410 g/mol. The van der Waals surface area contributed by atoms with Crippen LogP contribution < -0.4 is 0 Å². The maximum Gasteiger partial charge on any atom is 0.195 e. The van der Waals surface area contributed by atoms with Crippen molar-refractivity contribution >= 4 is 11.6 Å². The summed E-state index contributed by atoms with van der Waals surface area (Å²) < 4.78 is 0. The van der Waals surface area contributed by atoms with Crippen molar-refractivity contribution in [3.05, 3.63) is 130 Å². The zero-order valence-electron chi connectivity index (χ0n) is 16.8. The molecule has 2 heterocycles. The maximum atomic E-state index is 13.4. The third kappa shape index (κ3) is 3.47. The second-order valence-electron chi connectivity index (χ2n) is 7.09. The number of hydrogen-bond donors (Lipinski definition) is 0. The van der Waals surface area contributed by atoms with Gasteiger partial charge >= 0.3 is 0 Å². The van der Waals surface area contributed by atoms with E-state index < -0.39 is 0 Å². The molecule has 1 aliphatic rings. The van der Waals surface area contributed by atoms with Crippen LogP contribution >= 0.6 is 0 Å². The van der Waals surface area contributed by atoms with E-state index in [1.165, 1.54) is 0 Å². The number of fused-ring (bicyclic) bond motifs is 2. The van der Waals surface area contributed by atoms with Crippen LogP contribution in [0.1, 0.15) is 54.1 Å². The van der Waals surface area contributed by atoms with Crippen LogP contribution in [0.25, 0.3) is 0 Å². The number of pyridine rings is 2. The molecular formula is C28H14N2O2. The molecule has 0 aliphatic heterocycles. The molecular weight excluding hydrogens is 396 g/mol. The van der Waals surface area contributed by atoms with Crippen molar-refractivity contribution in [3.8, 4) is 23.7 Å². The Morgan fingerprint density at radius 1 is 0.500 bits per heavy atom. The van der Waals surface area contributed by atoms with E-state index >= 15 is 0 Å². The zero-order valence-corrected chi connectivity index (χ0v) is 16.8. The minimum absolute atomic E-state index is 0.221. The third-order valence-electron chi connectivity index (χ3n) is 5.12. The molecule has 0 bridgehead atoms. The second kappa shape index (κ2) is 8.14. The summed E-state index contributed by atoms with van der Waals surface area (Å²) >= 11 is 0. The van der Waals surface area contributed by atoms with Crippen molar-refractivity contribution in [3.63, 3.8) is 0 Å². The van der Waals surface area contributed by atoms with Crippen LogP contribution in [0.5, 0.6) is 0 Å². The summed E-state index contributed by atoms with van der Waals surface area (Å²) in [4.78, 5) is 34.8. The predicted molar refractivity (Wildman–Crippen MR) is 120 cm³/mol. The lowest BCUT2D eigenvalue weighted by Gasteiger charge is -2.19. The number of carbonyl (C=O) groups is 2. The molecule has 0 radical (unpaired) electrons. The van der Waals surface area contributed by atoms with Crippen molar-refractivity contribution < 1.29 is 9.59 Å². The molecule has 0 amide bonds. The summed E-state index contributed by atoms with van der Waals surface area (Å²) in [5.41, 5.74) is 3.91. The quantitative estimate of drug-likeness (QED) is 0.362. The Balaban J connectivity index is 1.71. The molecule has 5 rings (SSSR count). The molecule has 0 saturated carbocycles. The molecule has 0 unspecified atom stereocenters. The number of nitrogens with zero attached hydrogens (tertiary/aromatic N) is 2. The summed E-state index contributed by atoms with van der Waals surface area (Å²) in [6.07, 6.45) is 6.62. The van der Waals surface area contributed by atoms with Gasteiger partial charge in [0, 0.05) is 58.2 Å². The molecule has 1 aliphatic carbocycles. The molecule has 0 atom stereocenters. The van der Waals surface area contributed by atoms with Crippen molar-refractivity contribution in [1.82, 2.24) is 9.97 Å². The summed E-state index contributed by atoms with van der Waals surface area (Å²) in [6, 6.07) is 17.5. The van der Waals surface area contributed by atoms with Gasteiger partial charge in [0.25, 0.3) is 0 Å². The van der Waals surface area contributed by atoms with Crippen LogP contribution in [0.2, 0.25) is 0 Å². The normalized spacial score (nSPS) is 11.4. The van der Waals surface area contributed by atoms with Gasteiger partial charge in [-0.2, -0.15) is 0 Å². The van der Waals surface area contributed by atoms with Crippen LogP contribution in [0.3, 0.4) is 0 Å². The highest BCUT2D eigenvalue weighted by Gasteiger charge is 2.33. The highest BCUT2D eigenvalue weighted by Crippen LogP contribution is 2.31. The fraction of sp³-hybridized carbons (Fsp3) is 0. The van der Waals surface area contributed by atoms with Gasteiger partial charge in [0.1, 0.15) is 0 Å². The molecule has 2 aromatic heterocycles. The van der Waals surface area contributed by atoms with Crippen molar-refractivity contribution in [2.75, 3.05) is 0 Å². The average molecular weight is 410 g/mol. The lowest BCUT2D eigenvalue weighted by Crippen LogP contribution is -2.23. The van der Waals surface area contributed by atoms with E-state index in [1.807, 2.05) is 0 Å². The number of aromatic nitrogens is 2. The Bertz CT molecular complexity index is 1380. The van der Waals surface area contributed by atoms with Crippen LogP contribution in [0.4, 0.5) is 0 Å². The van der Waals surface area contributed by atoms with Crippen LogP contribution in [0.15, 0.2) is 85.5 Å². The third-order valence-corrected chi connectivity index (χ3v) is 5.12. The van der Waals surface area contributed by atoms with E-state index in [-0.39, 0.29) is 11.6 Å². The summed E-state index contributed by atoms with van der Waals surface area (Å²) in [5.74, 6) is 11.8. The Morgan fingerprint density at radius 2 is 0.906 bits per heavy atom. The van der Waals surface area contributed by atoms with Gasteiger partial charge in [-0.1, -0.05) is 47.9 Å². The fourth-order valence-electron chi connectivity index (χ4n) is 3.58. The van der Waals surface area contributed by atoms with E-state index in [2.05, 4.69) is 33.6 Å². The Hall–Kier alpha value is -4.80. The zero-order chi connectivity index (χ0) is 21.9. The van der Waals surface area contributed by atoms with Gasteiger partial charge < -0.3 is 0 Å². The van der Waals surface area contributed by atoms with Gasteiger partial charge in [0.15, 0.2) is 11.6 Å². The van der Waals surface area contributed by atoms with Gasteiger partial charge in [0.2, 0.25) is 0 Å². The number of ketones is 2. The smallest absolute Gasteiger partial charge is 0.195 e. The maximum absolute atomic E-state index is 13.4. The van der Waals surface area contributed by atoms with E-state index in [0.29, 0.717) is 33.4 Å². The lowest BCUT2D eigenvalue weighted by molar-refractivity contribution is 0.0978. The highest BCUT2D eigenvalue weighted by atomic mass is 16.1. The first-order valence-corrected chi connectivity index (χ1v) is 9.92. The van der Waals surface area contributed by atoms with E-state index in [4.69, 9.17) is 0 Å². The fourth-order valence-corrected chi connectivity index (χ4v) is 3.58. The molecule has 4 nitrogen and oxygen atoms in total. The standard InChI is InChI=1S/C28H14N2O2/c31-27-23-3-1-2-4-24(23)28(32)26-22(8-6-20-13-17-30-18-14-20)10-9-21(25(26)27)7-5-19-11-15-29-16-12-19/h1-4,9-18H. The number of carbonyl (C=O) groups excluding carboxylic acids is 2. The van der Waals surface area contributed by atoms with Gasteiger partial charge in [-0.25, -0.2) is 0 Å². The van der Waals surface area contributed by atoms with Crippen LogP contribution in [-0.2, 0) is 0 Å². The molecule has 32 heavy (non-hydrogen) atoms. The van der Waals surface area contributed by atoms with Crippen molar-refractivity contribution in [2.45, 2.75) is 0 Å². The van der Waals surface area contributed by atoms with Gasteiger partial charge in [-0.3, -0.25) is 19.6 Å². The number of rotatable bonds is 0. The first kappa shape index (κ1) is 19.2. The Morgan fingerprint density at radius 3 is 1.31 bits per heavy atom. The molecule has 4 aromatic rings. The largest absolute Gasteiger partial charge is 0.289 e. The molecule has 4 heteroatoms. The first-order chi connectivity index (χ1) is 15.7. The molecule has 2 aromatic carbocycles. The molecule has 0 spiro atoms. The van der Waals surface area contributed by atoms with E-state index in [9.17, 15) is 9.59 Å². The van der Waals surface area contributed by atoms with Crippen molar-refractivity contribution in [2.24, 2.45) is 0 Å². The SMILES string of the molecule is O=C1c2ccccc2C(=O)c2c(C#Cc3ccncc3)ccc(C#Cc3ccncc3)c21. The van der Waals surface area contributed by atoms with Gasteiger partial charge in [0.05, 0.1) is 11.1 Å². The molecule has 148 valence electrons. The predicted octanol–water partition coefficient (Wildman–Crippen LogP) is 4.05.